The summed E-state index contributed by atoms with van der Waals surface area (Å²) >= 11 is 1.65. The summed E-state index contributed by atoms with van der Waals surface area (Å²) in [7, 11) is 0. The average molecular weight is 181 g/mol. The Balaban J connectivity index is 2.08. The van der Waals surface area contributed by atoms with Crippen molar-refractivity contribution in [3.8, 4) is 0 Å². The molecule has 1 saturated carbocycles. The molecule has 1 aromatic heterocycles. The second-order valence-corrected chi connectivity index (χ2v) is 4.71. The topological polar surface area (TPSA) is 12.9 Å². The Morgan fingerprint density at radius 2 is 2.08 bits per heavy atom. The van der Waals surface area contributed by atoms with Gasteiger partial charge in [0.1, 0.15) is 0 Å². The van der Waals surface area contributed by atoms with E-state index in [0.717, 1.165) is 5.92 Å². The average Bonchev–Trinajstić information content (AvgIpc) is 2.54. The lowest BCUT2D eigenvalue weighted by molar-refractivity contribution is 0.439. The van der Waals surface area contributed by atoms with Gasteiger partial charge in [0.25, 0.3) is 0 Å². The predicted molar refractivity (Wildman–Crippen MR) is 52.7 cm³/mol. The molecule has 2 heteroatoms. The van der Waals surface area contributed by atoms with Gasteiger partial charge < -0.3 is 0 Å². The molecule has 0 radical (unpaired) electrons. The molecule has 1 aromatic rings. The minimum Gasteiger partial charge on any atom is -0.197 e. The van der Waals surface area contributed by atoms with E-state index in [1.54, 1.807) is 11.5 Å². The minimum absolute atomic E-state index is 0.781. The lowest BCUT2D eigenvalue weighted by Crippen LogP contribution is -2.04. The maximum absolute atomic E-state index is 4.48. The minimum atomic E-state index is 0.781. The van der Waals surface area contributed by atoms with Crippen molar-refractivity contribution in [1.82, 2.24) is 4.37 Å². The van der Waals surface area contributed by atoms with Gasteiger partial charge in [-0.25, -0.2) is 0 Å². The number of aryl methyl sites for hydroxylation is 1. The van der Waals surface area contributed by atoms with Crippen molar-refractivity contribution in [2.75, 3.05) is 0 Å². The smallest absolute Gasteiger partial charge is 0.0575 e. The van der Waals surface area contributed by atoms with Crippen LogP contribution in [0, 0.1) is 6.92 Å². The fourth-order valence-electron chi connectivity index (χ4n) is 1.98. The Kier molecular flexibility index (Phi) is 2.45. The molecule has 0 spiro atoms. The molecule has 0 N–H and O–H groups in total. The van der Waals surface area contributed by atoms with Crippen molar-refractivity contribution in [1.29, 1.82) is 0 Å². The monoisotopic (exact) mass is 181 g/mol. The molecule has 1 heterocycles. The summed E-state index contributed by atoms with van der Waals surface area (Å²) in [5, 5.41) is 0. The number of hydrogen-bond donors (Lipinski definition) is 0. The molecule has 66 valence electrons. The normalized spacial score (nSPS) is 19.8. The standard InChI is InChI=1S/C10H15NS/c1-8-7-10(11-12-8)9-5-3-2-4-6-9/h7,9H,2-6H2,1H3. The Labute approximate surface area is 78.0 Å². The van der Waals surface area contributed by atoms with Crippen molar-refractivity contribution in [3.05, 3.63) is 16.6 Å². The van der Waals surface area contributed by atoms with Gasteiger partial charge in [0.2, 0.25) is 0 Å². The van der Waals surface area contributed by atoms with Crippen molar-refractivity contribution < 1.29 is 0 Å². The molecule has 2 rings (SSSR count). The van der Waals surface area contributed by atoms with Gasteiger partial charge in [0.15, 0.2) is 0 Å². The lowest BCUT2D eigenvalue weighted by atomic mass is 9.87. The molecule has 12 heavy (non-hydrogen) atoms. The molecule has 0 atom stereocenters. The molecule has 1 aliphatic rings. The summed E-state index contributed by atoms with van der Waals surface area (Å²) in [5.41, 5.74) is 1.36. The molecule has 0 saturated heterocycles. The van der Waals surface area contributed by atoms with Crippen LogP contribution in [0.4, 0.5) is 0 Å². The van der Waals surface area contributed by atoms with Crippen LogP contribution in [0.15, 0.2) is 6.07 Å². The van der Waals surface area contributed by atoms with Gasteiger partial charge in [-0.3, -0.25) is 0 Å². The van der Waals surface area contributed by atoms with E-state index >= 15 is 0 Å². The fraction of sp³-hybridized carbons (Fsp3) is 0.700. The van der Waals surface area contributed by atoms with Gasteiger partial charge >= 0.3 is 0 Å². The molecule has 0 bridgehead atoms. The molecular weight excluding hydrogens is 166 g/mol. The molecule has 0 amide bonds. The van der Waals surface area contributed by atoms with Crippen LogP contribution < -0.4 is 0 Å². The quantitative estimate of drug-likeness (QED) is 0.646. The molecule has 1 fully saturated rings. The van der Waals surface area contributed by atoms with Crippen molar-refractivity contribution in [2.45, 2.75) is 44.9 Å². The summed E-state index contributed by atoms with van der Waals surface area (Å²) in [6, 6.07) is 2.26. The summed E-state index contributed by atoms with van der Waals surface area (Å²) in [4.78, 5) is 1.36. The van der Waals surface area contributed by atoms with E-state index in [1.807, 2.05) is 0 Å². The second-order valence-electron chi connectivity index (χ2n) is 3.70. The van der Waals surface area contributed by atoms with Crippen LogP contribution in [0.1, 0.15) is 48.6 Å². The van der Waals surface area contributed by atoms with Crippen molar-refractivity contribution in [3.63, 3.8) is 0 Å². The van der Waals surface area contributed by atoms with Crippen LogP contribution >= 0.6 is 11.5 Å². The predicted octanol–water partition coefficient (Wildman–Crippen LogP) is 3.50. The first kappa shape index (κ1) is 8.24. The molecule has 0 aliphatic heterocycles. The number of aromatic nitrogens is 1. The highest BCUT2D eigenvalue weighted by Crippen LogP contribution is 2.32. The summed E-state index contributed by atoms with van der Waals surface area (Å²) in [5.74, 6) is 0.781. The van der Waals surface area contributed by atoms with E-state index < -0.39 is 0 Å². The van der Waals surface area contributed by atoms with Crippen molar-refractivity contribution >= 4 is 11.5 Å². The third-order valence-electron chi connectivity index (χ3n) is 2.67. The number of rotatable bonds is 1. The van der Waals surface area contributed by atoms with E-state index in [9.17, 15) is 0 Å². The maximum atomic E-state index is 4.48. The SMILES string of the molecule is Cc1cc(C2CCCCC2)ns1. The van der Waals surface area contributed by atoms with Crippen LogP contribution in [0.3, 0.4) is 0 Å². The molecule has 0 aromatic carbocycles. The number of hydrogen-bond acceptors (Lipinski definition) is 2. The van der Waals surface area contributed by atoms with Gasteiger partial charge in [-0.1, -0.05) is 19.3 Å². The highest BCUT2D eigenvalue weighted by Gasteiger charge is 2.17. The Bertz CT molecular complexity index is 248. The van der Waals surface area contributed by atoms with E-state index in [4.69, 9.17) is 0 Å². The summed E-state index contributed by atoms with van der Waals surface area (Å²) in [6.45, 7) is 2.14. The highest BCUT2D eigenvalue weighted by atomic mass is 32.1. The lowest BCUT2D eigenvalue weighted by Gasteiger charge is -2.19. The number of nitrogens with zero attached hydrogens (tertiary/aromatic N) is 1. The zero-order valence-corrected chi connectivity index (χ0v) is 8.36. The van der Waals surface area contributed by atoms with Gasteiger partial charge in [0.05, 0.1) is 5.69 Å². The molecule has 1 nitrogen and oxygen atoms in total. The summed E-state index contributed by atoms with van der Waals surface area (Å²) in [6.07, 6.45) is 6.97. The van der Waals surface area contributed by atoms with Crippen LogP contribution in [0.5, 0.6) is 0 Å². The van der Waals surface area contributed by atoms with Crippen molar-refractivity contribution in [2.24, 2.45) is 0 Å². The zero-order chi connectivity index (χ0) is 8.39. The molecule has 0 unspecified atom stereocenters. The fourth-order valence-corrected chi connectivity index (χ4v) is 2.60. The van der Waals surface area contributed by atoms with Crippen LogP contribution in [0.2, 0.25) is 0 Å². The molecular formula is C10H15NS. The maximum Gasteiger partial charge on any atom is 0.0575 e. The molecule has 1 aliphatic carbocycles. The zero-order valence-electron chi connectivity index (χ0n) is 7.55. The van der Waals surface area contributed by atoms with Crippen LogP contribution in [-0.2, 0) is 0 Å². The van der Waals surface area contributed by atoms with Gasteiger partial charge in [-0.05, 0) is 37.4 Å². The Morgan fingerprint density at radius 1 is 1.33 bits per heavy atom. The van der Waals surface area contributed by atoms with Gasteiger partial charge in [-0.15, -0.1) is 0 Å². The van der Waals surface area contributed by atoms with Crippen LogP contribution in [-0.4, -0.2) is 4.37 Å². The van der Waals surface area contributed by atoms with Gasteiger partial charge in [-0.2, -0.15) is 4.37 Å². The van der Waals surface area contributed by atoms with Gasteiger partial charge in [0, 0.05) is 10.8 Å². The first-order valence-electron chi connectivity index (χ1n) is 4.79. The third-order valence-corrected chi connectivity index (χ3v) is 3.38. The first-order valence-corrected chi connectivity index (χ1v) is 5.57. The first-order chi connectivity index (χ1) is 5.86. The summed E-state index contributed by atoms with van der Waals surface area (Å²) < 4.78 is 4.48. The Morgan fingerprint density at radius 3 is 2.67 bits per heavy atom. The Hall–Kier alpha value is -0.370. The van der Waals surface area contributed by atoms with E-state index in [0.29, 0.717) is 0 Å². The van der Waals surface area contributed by atoms with E-state index in [-0.39, 0.29) is 0 Å². The van der Waals surface area contributed by atoms with Crippen LogP contribution in [0.25, 0.3) is 0 Å². The van der Waals surface area contributed by atoms with E-state index in [2.05, 4.69) is 17.4 Å². The second kappa shape index (κ2) is 3.56. The van der Waals surface area contributed by atoms with E-state index in [1.165, 1.54) is 42.7 Å². The third kappa shape index (κ3) is 1.69. The largest absolute Gasteiger partial charge is 0.197 e. The highest BCUT2D eigenvalue weighted by molar-refractivity contribution is 7.05.